The number of nitrogen functional groups attached to an aromatic ring is 1. The summed E-state index contributed by atoms with van der Waals surface area (Å²) in [5, 5.41) is 4.12. The van der Waals surface area contributed by atoms with Crippen molar-refractivity contribution in [2.75, 3.05) is 12.8 Å². The van der Waals surface area contributed by atoms with Crippen molar-refractivity contribution < 1.29 is 9.26 Å². The van der Waals surface area contributed by atoms with E-state index in [1.807, 2.05) is 0 Å². The van der Waals surface area contributed by atoms with E-state index in [-0.39, 0.29) is 0 Å². The molecule has 2 N–H and O–H groups in total. The van der Waals surface area contributed by atoms with E-state index in [1.54, 1.807) is 25.4 Å². The fraction of sp³-hybridized carbons (Fsp3) is 0.533. The monoisotopic (exact) mass is 288 g/mol. The second-order valence-corrected chi connectivity index (χ2v) is 5.78. The molecule has 1 saturated carbocycles. The highest BCUT2D eigenvalue weighted by Gasteiger charge is 2.40. The van der Waals surface area contributed by atoms with Gasteiger partial charge in [0, 0.05) is 7.11 Å². The van der Waals surface area contributed by atoms with Gasteiger partial charge in [-0.25, -0.2) is 4.98 Å². The average Bonchev–Trinajstić information content (AvgIpc) is 3.00. The number of rotatable bonds is 3. The number of aromatic nitrogens is 3. The normalized spacial score (nSPS) is 25.9. The molecule has 1 aliphatic rings. The average molecular weight is 288 g/mol. The maximum Gasteiger partial charge on any atom is 0.276 e. The minimum atomic E-state index is -0.429. The van der Waals surface area contributed by atoms with Crippen molar-refractivity contribution >= 4 is 5.69 Å². The summed E-state index contributed by atoms with van der Waals surface area (Å²) in [6.45, 7) is 2.26. The quantitative estimate of drug-likeness (QED) is 0.934. The van der Waals surface area contributed by atoms with Crippen molar-refractivity contribution in [1.82, 2.24) is 15.1 Å². The molecule has 6 nitrogen and oxygen atoms in total. The largest absolute Gasteiger partial charge is 0.397 e. The number of pyridine rings is 1. The molecule has 0 saturated heterocycles. The summed E-state index contributed by atoms with van der Waals surface area (Å²) in [4.78, 5) is 8.70. The Hall–Kier alpha value is -1.95. The van der Waals surface area contributed by atoms with E-state index in [2.05, 4.69) is 22.0 Å². The van der Waals surface area contributed by atoms with E-state index in [0.717, 1.165) is 31.6 Å². The molecule has 0 bridgehead atoms. The van der Waals surface area contributed by atoms with Crippen molar-refractivity contribution in [3.8, 4) is 11.6 Å². The van der Waals surface area contributed by atoms with Crippen LogP contribution in [0.4, 0.5) is 5.69 Å². The molecular weight excluding hydrogens is 268 g/mol. The van der Waals surface area contributed by atoms with E-state index in [4.69, 9.17) is 15.0 Å². The fourth-order valence-corrected chi connectivity index (χ4v) is 2.79. The molecule has 0 aromatic carbocycles. The third-order valence-corrected chi connectivity index (χ3v) is 4.31. The van der Waals surface area contributed by atoms with Crippen LogP contribution in [0.5, 0.6) is 0 Å². The van der Waals surface area contributed by atoms with Crippen LogP contribution in [0, 0.1) is 5.92 Å². The highest BCUT2D eigenvalue weighted by Crippen LogP contribution is 2.41. The highest BCUT2D eigenvalue weighted by molar-refractivity contribution is 5.50. The molecule has 1 aliphatic carbocycles. The van der Waals surface area contributed by atoms with Gasteiger partial charge < -0.3 is 15.0 Å². The molecule has 0 amide bonds. The summed E-state index contributed by atoms with van der Waals surface area (Å²) in [6, 6.07) is 3.54. The maximum absolute atomic E-state index is 5.76. The molecule has 0 spiro atoms. The maximum atomic E-state index is 5.76. The zero-order valence-electron chi connectivity index (χ0n) is 12.4. The van der Waals surface area contributed by atoms with Crippen LogP contribution in [-0.4, -0.2) is 22.2 Å². The highest BCUT2D eigenvalue weighted by atomic mass is 16.5. The molecule has 0 atom stereocenters. The van der Waals surface area contributed by atoms with Crippen molar-refractivity contribution in [2.45, 2.75) is 38.2 Å². The minimum Gasteiger partial charge on any atom is -0.397 e. The molecule has 6 heteroatoms. The van der Waals surface area contributed by atoms with Gasteiger partial charge >= 0.3 is 0 Å². The molecule has 0 radical (unpaired) electrons. The van der Waals surface area contributed by atoms with Gasteiger partial charge in [0.15, 0.2) is 0 Å². The lowest BCUT2D eigenvalue weighted by molar-refractivity contribution is -0.0609. The number of hydrogen-bond acceptors (Lipinski definition) is 6. The van der Waals surface area contributed by atoms with Crippen LogP contribution in [0.15, 0.2) is 22.9 Å². The van der Waals surface area contributed by atoms with Crippen LogP contribution in [0.2, 0.25) is 0 Å². The third-order valence-electron chi connectivity index (χ3n) is 4.31. The second-order valence-electron chi connectivity index (χ2n) is 5.78. The summed E-state index contributed by atoms with van der Waals surface area (Å²) >= 11 is 0. The van der Waals surface area contributed by atoms with E-state index in [9.17, 15) is 0 Å². The molecule has 21 heavy (non-hydrogen) atoms. The summed E-state index contributed by atoms with van der Waals surface area (Å²) < 4.78 is 11.1. The first-order chi connectivity index (χ1) is 10.1. The van der Waals surface area contributed by atoms with Crippen molar-refractivity contribution in [1.29, 1.82) is 0 Å². The molecule has 2 aromatic heterocycles. The van der Waals surface area contributed by atoms with Gasteiger partial charge in [-0.1, -0.05) is 12.1 Å². The van der Waals surface area contributed by atoms with Gasteiger partial charge in [0.05, 0.1) is 11.9 Å². The topological polar surface area (TPSA) is 87.1 Å². The van der Waals surface area contributed by atoms with Crippen LogP contribution < -0.4 is 5.73 Å². The molecule has 0 unspecified atom stereocenters. The first-order valence-corrected chi connectivity index (χ1v) is 7.24. The van der Waals surface area contributed by atoms with Crippen molar-refractivity contribution in [3.05, 3.63) is 24.2 Å². The van der Waals surface area contributed by atoms with Gasteiger partial charge in [-0.2, -0.15) is 4.98 Å². The summed E-state index contributed by atoms with van der Waals surface area (Å²) in [5.74, 6) is 1.74. The molecule has 2 heterocycles. The zero-order valence-corrected chi connectivity index (χ0v) is 12.4. The number of nitrogens with zero attached hydrogens (tertiary/aromatic N) is 3. The van der Waals surface area contributed by atoms with E-state index < -0.39 is 5.60 Å². The van der Waals surface area contributed by atoms with Crippen LogP contribution in [0.3, 0.4) is 0 Å². The number of nitrogens with two attached hydrogens (primary N) is 1. The first-order valence-electron chi connectivity index (χ1n) is 7.24. The Morgan fingerprint density at radius 1 is 1.33 bits per heavy atom. The summed E-state index contributed by atoms with van der Waals surface area (Å²) in [7, 11) is 1.72. The van der Waals surface area contributed by atoms with Gasteiger partial charge in [0.2, 0.25) is 5.82 Å². The Bertz CT molecular complexity index is 600. The van der Waals surface area contributed by atoms with Crippen LogP contribution in [0.25, 0.3) is 11.6 Å². The number of hydrogen-bond donors (Lipinski definition) is 1. The number of methoxy groups -OCH3 is 1. The predicted molar refractivity (Wildman–Crippen MR) is 78.3 cm³/mol. The summed E-state index contributed by atoms with van der Waals surface area (Å²) in [6.07, 6.45) is 5.63. The van der Waals surface area contributed by atoms with Gasteiger partial charge in [0.25, 0.3) is 5.89 Å². The third kappa shape index (κ3) is 2.63. The minimum absolute atomic E-state index is 0.403. The van der Waals surface area contributed by atoms with E-state index >= 15 is 0 Å². The Balaban J connectivity index is 1.88. The standard InChI is InChI=1S/C15H20N4O2/c1-10-5-7-15(20-2,8-6-10)14-18-13(21-19-14)12-4-3-11(16)9-17-12/h3-4,9-10H,5-8,16H2,1-2H3. The Labute approximate surface area is 123 Å². The Morgan fingerprint density at radius 2 is 2.10 bits per heavy atom. The molecule has 2 aromatic rings. The van der Waals surface area contributed by atoms with Crippen LogP contribution in [-0.2, 0) is 10.3 Å². The van der Waals surface area contributed by atoms with Crippen LogP contribution in [0.1, 0.15) is 38.4 Å². The zero-order chi connectivity index (χ0) is 14.9. The Morgan fingerprint density at radius 3 is 2.71 bits per heavy atom. The fourth-order valence-electron chi connectivity index (χ4n) is 2.79. The number of ether oxygens (including phenoxy) is 1. The van der Waals surface area contributed by atoms with Gasteiger partial charge in [-0.05, 0) is 43.7 Å². The van der Waals surface area contributed by atoms with Crippen molar-refractivity contribution in [3.63, 3.8) is 0 Å². The summed E-state index contributed by atoms with van der Waals surface area (Å²) in [5.41, 5.74) is 6.43. The SMILES string of the molecule is COC1(c2noc(-c3ccc(N)cn3)n2)CCC(C)CC1. The second kappa shape index (κ2) is 5.44. The molecule has 112 valence electrons. The van der Waals surface area contributed by atoms with E-state index in [1.165, 1.54) is 0 Å². The molecular formula is C15H20N4O2. The lowest BCUT2D eigenvalue weighted by Gasteiger charge is -2.35. The van der Waals surface area contributed by atoms with E-state index in [0.29, 0.717) is 23.1 Å². The van der Waals surface area contributed by atoms with Crippen LogP contribution >= 0.6 is 0 Å². The lowest BCUT2D eigenvalue weighted by Crippen LogP contribution is -2.34. The molecule has 3 rings (SSSR count). The molecule has 1 fully saturated rings. The van der Waals surface area contributed by atoms with Gasteiger partial charge in [-0.15, -0.1) is 0 Å². The molecule has 0 aliphatic heterocycles. The lowest BCUT2D eigenvalue weighted by atomic mass is 9.79. The van der Waals surface area contributed by atoms with Crippen molar-refractivity contribution in [2.24, 2.45) is 5.92 Å². The smallest absolute Gasteiger partial charge is 0.276 e. The first kappa shape index (κ1) is 14.0. The number of anilines is 1. The Kier molecular flexibility index (Phi) is 3.63. The predicted octanol–water partition coefficient (Wildman–Crippen LogP) is 2.77. The van der Waals surface area contributed by atoms with Gasteiger partial charge in [0.1, 0.15) is 11.3 Å². The van der Waals surface area contributed by atoms with Gasteiger partial charge in [-0.3, -0.25) is 0 Å².